The summed E-state index contributed by atoms with van der Waals surface area (Å²) in [5.74, 6) is 1.70. The molecule has 20 heavy (non-hydrogen) atoms. The van der Waals surface area contributed by atoms with Gasteiger partial charge in [0.15, 0.2) is 0 Å². The lowest BCUT2D eigenvalue weighted by atomic mass is 10.2. The van der Waals surface area contributed by atoms with Gasteiger partial charge in [-0.2, -0.15) is 0 Å². The van der Waals surface area contributed by atoms with Crippen LogP contribution in [0.15, 0.2) is 35.2 Å². The molecule has 2 aliphatic rings. The van der Waals surface area contributed by atoms with Crippen molar-refractivity contribution in [2.45, 2.75) is 19.0 Å². The van der Waals surface area contributed by atoms with E-state index in [-0.39, 0.29) is 11.9 Å². The van der Waals surface area contributed by atoms with Crippen LogP contribution in [0.5, 0.6) is 0 Å². The Kier molecular flexibility index (Phi) is 3.93. The molecule has 0 radical (unpaired) electrons. The highest BCUT2D eigenvalue weighted by atomic mass is 32.2. The van der Waals surface area contributed by atoms with E-state index in [0.717, 1.165) is 22.6 Å². The van der Waals surface area contributed by atoms with E-state index in [1.807, 2.05) is 24.1 Å². The second-order valence-electron chi connectivity index (χ2n) is 4.79. The van der Waals surface area contributed by atoms with Gasteiger partial charge in [-0.05, 0) is 18.7 Å². The number of carbonyl (C=O) groups excluding carboxylic acids is 1. The molecule has 1 aromatic rings. The number of thioether (sulfide) groups is 1. The van der Waals surface area contributed by atoms with Crippen LogP contribution >= 0.6 is 11.8 Å². The van der Waals surface area contributed by atoms with E-state index in [9.17, 15) is 4.79 Å². The van der Waals surface area contributed by atoms with E-state index in [0.29, 0.717) is 19.0 Å². The second kappa shape index (κ2) is 5.85. The molecule has 3 rings (SSSR count). The summed E-state index contributed by atoms with van der Waals surface area (Å²) < 4.78 is 5.63. The molecule has 1 atom stereocenters. The summed E-state index contributed by atoms with van der Waals surface area (Å²) in [4.78, 5) is 19.7. The largest absolute Gasteiger partial charge is 0.486 e. The van der Waals surface area contributed by atoms with Crippen molar-refractivity contribution in [3.63, 3.8) is 0 Å². The number of aromatic nitrogens is 1. The number of hydrogen-bond donors (Lipinski definition) is 1. The number of ether oxygens (including phenoxy) is 1. The maximum Gasteiger partial charge on any atom is 0.245 e. The highest BCUT2D eigenvalue weighted by Crippen LogP contribution is 2.36. The molecule has 0 saturated heterocycles. The third-order valence-corrected chi connectivity index (χ3v) is 4.55. The first-order valence-corrected chi connectivity index (χ1v) is 7.61. The molecule has 0 saturated carbocycles. The minimum absolute atomic E-state index is 0.111. The van der Waals surface area contributed by atoms with Crippen LogP contribution in [-0.2, 0) is 16.1 Å². The topological polar surface area (TPSA) is 54.5 Å². The Hall–Kier alpha value is -1.53. The molecular formula is C14H17N3O2S. The van der Waals surface area contributed by atoms with Crippen LogP contribution in [0.4, 0.5) is 0 Å². The maximum absolute atomic E-state index is 12.7. The van der Waals surface area contributed by atoms with Crippen LogP contribution in [-0.4, -0.2) is 41.4 Å². The van der Waals surface area contributed by atoms with Gasteiger partial charge in [0, 0.05) is 31.9 Å². The van der Waals surface area contributed by atoms with Gasteiger partial charge in [0.05, 0.1) is 4.91 Å². The summed E-state index contributed by atoms with van der Waals surface area (Å²) in [5, 5.41) is 3.12. The van der Waals surface area contributed by atoms with Gasteiger partial charge in [-0.1, -0.05) is 17.8 Å². The van der Waals surface area contributed by atoms with Crippen LogP contribution in [0, 0.1) is 0 Å². The van der Waals surface area contributed by atoms with Crippen LogP contribution < -0.4 is 5.32 Å². The fourth-order valence-corrected chi connectivity index (χ4v) is 3.56. The number of amides is 1. The molecule has 1 aromatic heterocycles. The number of nitrogens with one attached hydrogen (secondary N) is 1. The summed E-state index contributed by atoms with van der Waals surface area (Å²) in [6.07, 6.45) is 4.33. The van der Waals surface area contributed by atoms with Gasteiger partial charge in [0.2, 0.25) is 5.91 Å². The van der Waals surface area contributed by atoms with Gasteiger partial charge in [-0.15, -0.1) is 0 Å². The molecule has 1 unspecified atom stereocenters. The molecule has 5 nitrogen and oxygen atoms in total. The van der Waals surface area contributed by atoms with Crippen LogP contribution in [0.3, 0.4) is 0 Å². The first kappa shape index (κ1) is 13.5. The van der Waals surface area contributed by atoms with Crippen molar-refractivity contribution in [2.75, 3.05) is 19.5 Å². The van der Waals surface area contributed by atoms with Crippen molar-refractivity contribution in [1.29, 1.82) is 0 Å². The third-order valence-electron chi connectivity index (χ3n) is 3.54. The van der Waals surface area contributed by atoms with E-state index in [1.165, 1.54) is 0 Å². The molecule has 0 aliphatic carbocycles. The minimum atomic E-state index is -0.281. The van der Waals surface area contributed by atoms with Crippen LogP contribution in [0.1, 0.15) is 12.0 Å². The van der Waals surface area contributed by atoms with Crippen molar-refractivity contribution >= 4 is 17.7 Å². The Morgan fingerprint density at radius 1 is 1.60 bits per heavy atom. The van der Waals surface area contributed by atoms with Crippen molar-refractivity contribution in [3.8, 4) is 0 Å². The number of nitrogens with zero attached hydrogens (tertiary/aromatic N) is 2. The average Bonchev–Trinajstić information content (AvgIpc) is 2.89. The first-order chi connectivity index (χ1) is 9.79. The molecule has 0 spiro atoms. The molecule has 0 fully saturated rings. The maximum atomic E-state index is 12.7. The van der Waals surface area contributed by atoms with Crippen LogP contribution in [0.25, 0.3) is 0 Å². The van der Waals surface area contributed by atoms with E-state index < -0.39 is 0 Å². The number of rotatable bonds is 3. The molecule has 106 valence electrons. The molecule has 0 bridgehead atoms. The van der Waals surface area contributed by atoms with E-state index >= 15 is 0 Å². The van der Waals surface area contributed by atoms with Crippen LogP contribution in [0.2, 0.25) is 0 Å². The van der Waals surface area contributed by atoms with E-state index in [4.69, 9.17) is 4.74 Å². The first-order valence-electron chi connectivity index (χ1n) is 6.63. The minimum Gasteiger partial charge on any atom is -0.486 e. The number of hydrogen-bond acceptors (Lipinski definition) is 5. The molecule has 0 aromatic carbocycles. The standard InChI is InChI=1S/C14H17N3O2S/c1-15-12-13-11(19-9-20-13)4-6-17(14(12)18)8-10-3-2-5-16-7-10/h2-3,5,7,12,15H,4,6,8-9H2,1H3. The van der Waals surface area contributed by atoms with Gasteiger partial charge in [0.1, 0.15) is 17.7 Å². The number of pyridine rings is 1. The lowest BCUT2D eigenvalue weighted by Crippen LogP contribution is -2.44. The van der Waals surface area contributed by atoms with Gasteiger partial charge < -0.3 is 15.0 Å². The molecule has 1 amide bonds. The van der Waals surface area contributed by atoms with E-state index in [1.54, 1.807) is 24.2 Å². The molecule has 2 aliphatic heterocycles. The summed E-state index contributed by atoms with van der Waals surface area (Å²) in [7, 11) is 1.82. The zero-order valence-electron chi connectivity index (χ0n) is 11.3. The monoisotopic (exact) mass is 291 g/mol. The summed E-state index contributed by atoms with van der Waals surface area (Å²) in [5.41, 5.74) is 1.05. The van der Waals surface area contributed by atoms with Gasteiger partial charge in [0.25, 0.3) is 0 Å². The fourth-order valence-electron chi connectivity index (χ4n) is 2.52. The molecule has 3 heterocycles. The normalized spacial score (nSPS) is 22.6. The van der Waals surface area contributed by atoms with Crippen molar-refractivity contribution in [3.05, 3.63) is 40.8 Å². The van der Waals surface area contributed by atoms with E-state index in [2.05, 4.69) is 10.3 Å². The zero-order valence-corrected chi connectivity index (χ0v) is 12.2. The quantitative estimate of drug-likeness (QED) is 0.910. The van der Waals surface area contributed by atoms with Gasteiger partial charge in [-0.25, -0.2) is 0 Å². The zero-order chi connectivity index (χ0) is 13.9. The molecule has 6 heteroatoms. The Morgan fingerprint density at radius 2 is 2.50 bits per heavy atom. The lowest BCUT2D eigenvalue weighted by molar-refractivity contribution is -0.132. The Morgan fingerprint density at radius 3 is 3.25 bits per heavy atom. The number of carbonyl (C=O) groups is 1. The Balaban J connectivity index is 1.80. The third kappa shape index (κ3) is 2.53. The van der Waals surface area contributed by atoms with Crippen molar-refractivity contribution in [1.82, 2.24) is 15.2 Å². The predicted octanol–water partition coefficient (Wildman–Crippen LogP) is 1.33. The Labute approximate surface area is 122 Å². The predicted molar refractivity (Wildman–Crippen MR) is 77.7 cm³/mol. The number of likely N-dealkylation sites (N-methyl/N-ethyl adjacent to an activating group) is 1. The summed E-state index contributed by atoms with van der Waals surface area (Å²) in [6, 6.07) is 3.60. The second-order valence-corrected chi connectivity index (χ2v) is 5.75. The lowest BCUT2D eigenvalue weighted by Gasteiger charge is -2.25. The molecular weight excluding hydrogens is 274 g/mol. The van der Waals surface area contributed by atoms with Crippen molar-refractivity contribution < 1.29 is 9.53 Å². The van der Waals surface area contributed by atoms with Gasteiger partial charge >= 0.3 is 0 Å². The highest BCUT2D eigenvalue weighted by molar-refractivity contribution is 8.03. The summed E-state index contributed by atoms with van der Waals surface area (Å²) in [6.45, 7) is 1.28. The average molecular weight is 291 g/mol. The Bertz CT molecular complexity index is 532. The van der Waals surface area contributed by atoms with Gasteiger partial charge in [-0.3, -0.25) is 9.78 Å². The SMILES string of the molecule is CNC1C(=O)N(Cc2cccnc2)CCC2=C1SCO2. The smallest absolute Gasteiger partial charge is 0.245 e. The fraction of sp³-hybridized carbons (Fsp3) is 0.429. The highest BCUT2D eigenvalue weighted by Gasteiger charge is 2.35. The molecule has 1 N–H and O–H groups in total. The van der Waals surface area contributed by atoms with Crippen molar-refractivity contribution in [2.24, 2.45) is 0 Å². The summed E-state index contributed by atoms with van der Waals surface area (Å²) >= 11 is 1.62.